The Bertz CT molecular complexity index is 607. The quantitative estimate of drug-likeness (QED) is 0.0846. The molecule has 0 bridgehead atoms. The van der Waals surface area contributed by atoms with Crippen molar-refractivity contribution >= 4 is 17.9 Å². The summed E-state index contributed by atoms with van der Waals surface area (Å²) in [6.07, 6.45) is 21.1. The van der Waals surface area contributed by atoms with Gasteiger partial charge in [0.1, 0.15) is 6.04 Å². The van der Waals surface area contributed by atoms with Gasteiger partial charge in [-0.2, -0.15) is 0 Å². The standard InChI is InChI=1S/C30H55NO6/c1-5-9-10-11-12-13-14-15-16-17-18-19-20-21-22-23-24-31(25(6-2)28(32)33,26(7-3)29(34)35)27(8-4)30(36)37/h19-20,25-27H,5-18,21-24H2,1-4H3,(H2-,32,33,34,35,36,37)/b20-19+. The van der Waals surface area contributed by atoms with Crippen LogP contribution in [0.5, 0.6) is 0 Å². The second-order valence-electron chi connectivity index (χ2n) is 10.4. The van der Waals surface area contributed by atoms with Crippen LogP contribution in [0.4, 0.5) is 0 Å². The number of hydrogen-bond donors (Lipinski definition) is 2. The normalized spacial score (nSPS) is 15.8. The number of quaternary nitrogens is 1. The van der Waals surface area contributed by atoms with E-state index in [0.29, 0.717) is 6.42 Å². The topological polar surface area (TPSA) is 115 Å². The fourth-order valence-electron chi connectivity index (χ4n) is 5.90. The second kappa shape index (κ2) is 21.1. The molecule has 0 heterocycles. The first-order chi connectivity index (χ1) is 17.7. The zero-order valence-electron chi connectivity index (χ0n) is 24.1. The summed E-state index contributed by atoms with van der Waals surface area (Å²) >= 11 is 0. The number of allylic oxidation sites excluding steroid dienone is 2. The number of hydrogen-bond acceptors (Lipinski definition) is 4. The van der Waals surface area contributed by atoms with Crippen molar-refractivity contribution in [3.05, 3.63) is 12.2 Å². The van der Waals surface area contributed by atoms with Crippen molar-refractivity contribution in [3.8, 4) is 0 Å². The Hall–Kier alpha value is -1.89. The van der Waals surface area contributed by atoms with E-state index in [-0.39, 0.29) is 25.8 Å². The highest BCUT2D eigenvalue weighted by atomic mass is 16.4. The van der Waals surface area contributed by atoms with E-state index in [2.05, 4.69) is 19.1 Å². The van der Waals surface area contributed by atoms with Crippen molar-refractivity contribution in [2.24, 2.45) is 0 Å². The van der Waals surface area contributed by atoms with Crippen LogP contribution in [-0.2, 0) is 14.4 Å². The molecule has 7 heteroatoms. The highest BCUT2D eigenvalue weighted by Crippen LogP contribution is 2.32. The number of nitrogens with zero attached hydrogens (tertiary/aromatic N) is 1. The first-order valence-corrected chi connectivity index (χ1v) is 14.9. The van der Waals surface area contributed by atoms with E-state index in [9.17, 15) is 29.7 Å². The molecule has 0 saturated heterocycles. The maximum absolute atomic E-state index is 12.2. The maximum Gasteiger partial charge on any atom is 0.362 e. The first kappa shape index (κ1) is 35.1. The van der Waals surface area contributed by atoms with Gasteiger partial charge >= 0.3 is 11.9 Å². The third kappa shape index (κ3) is 12.5. The SMILES string of the molecule is CCCCCCCCCCCC/C=C/CCCC[N+](C(CC)C(=O)[O-])(C(CC)C(=O)O)C(CC)C(=O)O. The Balaban J connectivity index is 4.83. The van der Waals surface area contributed by atoms with Gasteiger partial charge in [-0.1, -0.05) is 97.6 Å². The van der Waals surface area contributed by atoms with Crippen molar-refractivity contribution in [1.29, 1.82) is 0 Å². The fraction of sp³-hybridized carbons (Fsp3) is 0.833. The van der Waals surface area contributed by atoms with Gasteiger partial charge in [-0.3, -0.25) is 4.48 Å². The Labute approximate surface area is 225 Å². The largest absolute Gasteiger partial charge is 0.544 e. The lowest BCUT2D eigenvalue weighted by Gasteiger charge is -2.51. The van der Waals surface area contributed by atoms with E-state index in [0.717, 1.165) is 19.3 Å². The summed E-state index contributed by atoms with van der Waals surface area (Å²) in [6.45, 7) is 7.45. The summed E-state index contributed by atoms with van der Waals surface area (Å²) in [5.74, 6) is -3.69. The van der Waals surface area contributed by atoms with Gasteiger partial charge in [-0.05, 0) is 32.1 Å². The van der Waals surface area contributed by atoms with Crippen molar-refractivity contribution < 1.29 is 34.2 Å². The minimum atomic E-state index is -1.38. The van der Waals surface area contributed by atoms with E-state index in [1.165, 1.54) is 64.2 Å². The third-order valence-corrected chi connectivity index (χ3v) is 7.80. The van der Waals surface area contributed by atoms with E-state index in [4.69, 9.17) is 0 Å². The first-order valence-electron chi connectivity index (χ1n) is 14.9. The molecule has 0 aliphatic carbocycles. The number of carbonyl (C=O) groups is 3. The average molecular weight is 526 g/mol. The minimum absolute atomic E-state index is 0.120. The monoisotopic (exact) mass is 525 g/mol. The van der Waals surface area contributed by atoms with Crippen LogP contribution >= 0.6 is 0 Å². The smallest absolute Gasteiger partial charge is 0.362 e. The summed E-state index contributed by atoms with van der Waals surface area (Å²) < 4.78 is -0.487. The van der Waals surface area contributed by atoms with Gasteiger partial charge in [0.2, 0.25) is 0 Å². The second-order valence-corrected chi connectivity index (χ2v) is 10.4. The highest BCUT2D eigenvalue weighted by Gasteiger charge is 2.53. The molecule has 0 fully saturated rings. The molecule has 0 aromatic heterocycles. The van der Waals surface area contributed by atoms with E-state index in [1.54, 1.807) is 20.8 Å². The lowest BCUT2D eigenvalue weighted by molar-refractivity contribution is -0.974. The lowest BCUT2D eigenvalue weighted by Crippen LogP contribution is -2.73. The molecule has 0 aromatic carbocycles. The Morgan fingerprint density at radius 3 is 1.35 bits per heavy atom. The summed E-state index contributed by atoms with van der Waals surface area (Å²) in [6, 6.07) is -3.42. The van der Waals surface area contributed by atoms with E-state index in [1.807, 2.05) is 0 Å². The zero-order valence-corrected chi connectivity index (χ0v) is 24.1. The molecule has 0 radical (unpaired) electrons. The summed E-state index contributed by atoms with van der Waals surface area (Å²) in [4.78, 5) is 36.5. The molecular formula is C30H55NO6. The molecule has 0 saturated carbocycles. The number of aliphatic carboxylic acids is 3. The number of carboxylic acids is 3. The Morgan fingerprint density at radius 2 is 1.00 bits per heavy atom. The van der Waals surface area contributed by atoms with Crippen LogP contribution in [-0.4, -0.2) is 57.3 Å². The van der Waals surface area contributed by atoms with Gasteiger partial charge in [0.15, 0.2) is 12.1 Å². The molecule has 3 unspecified atom stereocenters. The zero-order chi connectivity index (χ0) is 28.1. The number of unbranched alkanes of at least 4 members (excludes halogenated alkanes) is 12. The molecule has 0 amide bonds. The van der Waals surface area contributed by atoms with Crippen LogP contribution in [0.1, 0.15) is 137 Å². The number of carbonyl (C=O) groups excluding carboxylic acids is 1. The Kier molecular flexibility index (Phi) is 20.0. The van der Waals surface area contributed by atoms with E-state index < -0.39 is 40.5 Å². The summed E-state index contributed by atoms with van der Waals surface area (Å²) in [5.41, 5.74) is 0. The lowest BCUT2D eigenvalue weighted by atomic mass is 9.94. The average Bonchev–Trinajstić information content (AvgIpc) is 2.84. The van der Waals surface area contributed by atoms with Gasteiger partial charge in [-0.25, -0.2) is 9.59 Å². The summed E-state index contributed by atoms with van der Waals surface area (Å²) in [5, 5.41) is 32.0. The third-order valence-electron chi connectivity index (χ3n) is 7.80. The summed E-state index contributed by atoms with van der Waals surface area (Å²) in [7, 11) is 0. The molecule has 7 nitrogen and oxygen atoms in total. The van der Waals surface area contributed by atoms with Crippen LogP contribution in [0.2, 0.25) is 0 Å². The predicted molar refractivity (Wildman–Crippen MR) is 147 cm³/mol. The van der Waals surface area contributed by atoms with Gasteiger partial charge in [0.05, 0.1) is 12.5 Å². The predicted octanol–water partition coefficient (Wildman–Crippen LogP) is 6.10. The van der Waals surface area contributed by atoms with Gasteiger partial charge < -0.3 is 20.1 Å². The Morgan fingerprint density at radius 1 is 0.622 bits per heavy atom. The molecule has 0 rings (SSSR count). The van der Waals surface area contributed by atoms with Crippen LogP contribution in [0.3, 0.4) is 0 Å². The molecule has 37 heavy (non-hydrogen) atoms. The fourth-order valence-corrected chi connectivity index (χ4v) is 5.90. The molecule has 3 atom stereocenters. The molecule has 0 aliphatic heterocycles. The van der Waals surface area contributed by atoms with Crippen LogP contribution in [0.15, 0.2) is 12.2 Å². The van der Waals surface area contributed by atoms with Crippen LogP contribution in [0, 0.1) is 0 Å². The van der Waals surface area contributed by atoms with E-state index >= 15 is 0 Å². The van der Waals surface area contributed by atoms with Gasteiger partial charge in [-0.15, -0.1) is 0 Å². The molecule has 216 valence electrons. The molecule has 0 spiro atoms. The molecule has 0 aliphatic rings. The van der Waals surface area contributed by atoms with Gasteiger partial charge in [0, 0.05) is 19.3 Å². The van der Waals surface area contributed by atoms with Crippen molar-refractivity contribution in [2.75, 3.05) is 6.54 Å². The minimum Gasteiger partial charge on any atom is -0.544 e. The number of rotatable bonds is 25. The number of carboxylic acid groups (broad SMARTS) is 3. The van der Waals surface area contributed by atoms with Gasteiger partial charge in [0.25, 0.3) is 0 Å². The van der Waals surface area contributed by atoms with Crippen LogP contribution < -0.4 is 5.11 Å². The van der Waals surface area contributed by atoms with Crippen molar-refractivity contribution in [3.63, 3.8) is 0 Å². The highest BCUT2D eigenvalue weighted by molar-refractivity contribution is 5.77. The van der Waals surface area contributed by atoms with Crippen LogP contribution in [0.25, 0.3) is 0 Å². The molecule has 2 N–H and O–H groups in total. The maximum atomic E-state index is 12.2. The molecular weight excluding hydrogens is 470 g/mol. The molecule has 0 aromatic rings. The van der Waals surface area contributed by atoms with Crippen molar-refractivity contribution in [1.82, 2.24) is 0 Å². The van der Waals surface area contributed by atoms with Crippen molar-refractivity contribution in [2.45, 2.75) is 155 Å².